The minimum absolute atomic E-state index is 0.0208. The van der Waals surface area contributed by atoms with Gasteiger partial charge in [-0.2, -0.15) is 0 Å². The summed E-state index contributed by atoms with van der Waals surface area (Å²) in [6, 6.07) is 8.18. The number of nitrogens with one attached hydrogen (secondary N) is 1. The van der Waals surface area contributed by atoms with Gasteiger partial charge in [0.25, 0.3) is 0 Å². The molecule has 1 unspecified atom stereocenters. The fourth-order valence-electron chi connectivity index (χ4n) is 1.62. The molecule has 0 heterocycles. The van der Waals surface area contributed by atoms with Crippen molar-refractivity contribution in [1.82, 2.24) is 5.32 Å². The summed E-state index contributed by atoms with van der Waals surface area (Å²) in [5, 5.41) is 2.96. The molecule has 0 aromatic heterocycles. The first-order valence-electron chi connectivity index (χ1n) is 6.14. The van der Waals surface area contributed by atoms with Crippen LogP contribution in [0, 0.1) is 6.92 Å². The number of rotatable bonds is 5. The first-order chi connectivity index (χ1) is 8.02. The topological polar surface area (TPSA) is 55.1 Å². The molecule has 1 amide bonds. The summed E-state index contributed by atoms with van der Waals surface area (Å²) >= 11 is 0. The maximum Gasteiger partial charge on any atom is 0.222 e. The largest absolute Gasteiger partial charge is 0.350 e. The number of carbonyl (C=O) groups is 1. The van der Waals surface area contributed by atoms with E-state index in [1.54, 1.807) is 0 Å². The van der Waals surface area contributed by atoms with Crippen molar-refractivity contribution in [2.24, 2.45) is 5.73 Å². The predicted octanol–water partition coefficient (Wildman–Crippen LogP) is 2.30. The predicted molar refractivity (Wildman–Crippen MR) is 70.6 cm³/mol. The van der Waals surface area contributed by atoms with Gasteiger partial charge in [0.2, 0.25) is 5.91 Å². The molecule has 0 aliphatic heterocycles. The van der Waals surface area contributed by atoms with Crippen LogP contribution in [0.2, 0.25) is 0 Å². The molecule has 3 heteroatoms. The van der Waals surface area contributed by atoms with Gasteiger partial charge in [0.1, 0.15) is 0 Å². The molecule has 17 heavy (non-hydrogen) atoms. The normalized spacial score (nSPS) is 14.1. The minimum atomic E-state index is -0.0415. The van der Waals surface area contributed by atoms with Crippen molar-refractivity contribution < 1.29 is 4.79 Å². The molecule has 1 aromatic rings. The average molecular weight is 234 g/mol. The molecule has 94 valence electrons. The second-order valence-corrected chi connectivity index (χ2v) is 4.57. The molecule has 1 rings (SSSR count). The van der Waals surface area contributed by atoms with Gasteiger partial charge in [0.15, 0.2) is 0 Å². The highest BCUT2D eigenvalue weighted by Gasteiger charge is 2.11. The highest BCUT2D eigenvalue weighted by molar-refractivity contribution is 5.77. The molecule has 2 atom stereocenters. The van der Waals surface area contributed by atoms with Crippen molar-refractivity contribution in [2.75, 3.05) is 0 Å². The van der Waals surface area contributed by atoms with Gasteiger partial charge < -0.3 is 11.1 Å². The third-order valence-electron chi connectivity index (χ3n) is 2.93. The van der Waals surface area contributed by atoms with E-state index in [1.807, 2.05) is 32.9 Å². The Kier molecular flexibility index (Phi) is 5.16. The van der Waals surface area contributed by atoms with Crippen molar-refractivity contribution in [2.45, 2.75) is 45.7 Å². The van der Waals surface area contributed by atoms with Crippen molar-refractivity contribution in [3.8, 4) is 0 Å². The second-order valence-electron chi connectivity index (χ2n) is 4.57. The molecule has 3 N–H and O–H groups in total. The van der Waals surface area contributed by atoms with E-state index in [9.17, 15) is 4.79 Å². The number of carbonyl (C=O) groups excluding carboxylic acids is 1. The Labute approximate surface area is 103 Å². The molecule has 0 saturated heterocycles. The van der Waals surface area contributed by atoms with Crippen LogP contribution in [0.5, 0.6) is 0 Å². The SMILES string of the molecule is CCC(N)CC(=O)N[C@H](C)c1ccc(C)cc1. The van der Waals surface area contributed by atoms with Crippen LogP contribution in [0.15, 0.2) is 24.3 Å². The lowest BCUT2D eigenvalue weighted by atomic mass is 10.1. The smallest absolute Gasteiger partial charge is 0.222 e. The summed E-state index contributed by atoms with van der Waals surface area (Å²) in [6.45, 7) is 6.02. The van der Waals surface area contributed by atoms with Crippen molar-refractivity contribution >= 4 is 5.91 Å². The number of hydrogen-bond donors (Lipinski definition) is 2. The zero-order chi connectivity index (χ0) is 12.8. The number of benzene rings is 1. The third kappa shape index (κ3) is 4.57. The molecule has 0 bridgehead atoms. The van der Waals surface area contributed by atoms with Crippen LogP contribution in [-0.2, 0) is 4.79 Å². The maximum atomic E-state index is 11.7. The van der Waals surface area contributed by atoms with Crippen LogP contribution in [0.25, 0.3) is 0 Å². The number of amides is 1. The monoisotopic (exact) mass is 234 g/mol. The first kappa shape index (κ1) is 13.7. The highest BCUT2D eigenvalue weighted by atomic mass is 16.1. The number of nitrogens with two attached hydrogens (primary N) is 1. The highest BCUT2D eigenvalue weighted by Crippen LogP contribution is 2.13. The van der Waals surface area contributed by atoms with Gasteiger partial charge in [-0.05, 0) is 25.8 Å². The second kappa shape index (κ2) is 6.40. The summed E-state index contributed by atoms with van der Waals surface area (Å²) in [5.41, 5.74) is 8.09. The lowest BCUT2D eigenvalue weighted by molar-refractivity contribution is -0.122. The van der Waals surface area contributed by atoms with E-state index in [4.69, 9.17) is 5.73 Å². The standard InChI is InChI=1S/C14H22N2O/c1-4-13(15)9-14(17)16-11(3)12-7-5-10(2)6-8-12/h5-8,11,13H,4,9,15H2,1-3H3,(H,16,17)/t11-,13?/m1/s1. The fourth-order valence-corrected chi connectivity index (χ4v) is 1.62. The van der Waals surface area contributed by atoms with Gasteiger partial charge in [-0.15, -0.1) is 0 Å². The van der Waals surface area contributed by atoms with Gasteiger partial charge in [-0.3, -0.25) is 4.79 Å². The Morgan fingerprint density at radius 1 is 1.35 bits per heavy atom. The van der Waals surface area contributed by atoms with E-state index >= 15 is 0 Å². The molecule has 0 aliphatic rings. The summed E-state index contributed by atoms with van der Waals surface area (Å²) in [7, 11) is 0. The lowest BCUT2D eigenvalue weighted by Crippen LogP contribution is -2.32. The van der Waals surface area contributed by atoms with Gasteiger partial charge in [-0.25, -0.2) is 0 Å². The number of aryl methyl sites for hydroxylation is 1. The van der Waals surface area contributed by atoms with Crippen LogP contribution < -0.4 is 11.1 Å². The van der Waals surface area contributed by atoms with E-state index in [2.05, 4.69) is 17.4 Å². The first-order valence-corrected chi connectivity index (χ1v) is 6.14. The van der Waals surface area contributed by atoms with E-state index in [0.29, 0.717) is 6.42 Å². The van der Waals surface area contributed by atoms with Crippen molar-refractivity contribution in [3.63, 3.8) is 0 Å². The summed E-state index contributed by atoms with van der Waals surface area (Å²) in [6.07, 6.45) is 1.22. The van der Waals surface area contributed by atoms with E-state index in [0.717, 1.165) is 12.0 Å². The molecule has 0 radical (unpaired) electrons. The van der Waals surface area contributed by atoms with Crippen LogP contribution in [0.4, 0.5) is 0 Å². The van der Waals surface area contributed by atoms with E-state index in [-0.39, 0.29) is 18.0 Å². The van der Waals surface area contributed by atoms with Gasteiger partial charge >= 0.3 is 0 Å². The Hall–Kier alpha value is -1.35. The minimum Gasteiger partial charge on any atom is -0.350 e. The Bertz CT molecular complexity index is 359. The molecular formula is C14H22N2O. The molecule has 0 fully saturated rings. The van der Waals surface area contributed by atoms with Gasteiger partial charge in [0.05, 0.1) is 6.04 Å². The third-order valence-corrected chi connectivity index (χ3v) is 2.93. The van der Waals surface area contributed by atoms with Crippen LogP contribution in [-0.4, -0.2) is 11.9 Å². The quantitative estimate of drug-likeness (QED) is 0.821. The summed E-state index contributed by atoms with van der Waals surface area (Å²) in [5.74, 6) is 0.0208. The van der Waals surface area contributed by atoms with E-state index in [1.165, 1.54) is 5.56 Å². The van der Waals surface area contributed by atoms with E-state index < -0.39 is 0 Å². The molecule has 0 aliphatic carbocycles. The maximum absolute atomic E-state index is 11.7. The Balaban J connectivity index is 2.51. The Morgan fingerprint density at radius 2 is 1.94 bits per heavy atom. The average Bonchev–Trinajstić information content (AvgIpc) is 2.29. The molecule has 1 aromatic carbocycles. The zero-order valence-electron chi connectivity index (χ0n) is 10.9. The van der Waals surface area contributed by atoms with Crippen LogP contribution in [0.1, 0.15) is 43.9 Å². The van der Waals surface area contributed by atoms with Crippen LogP contribution in [0.3, 0.4) is 0 Å². The van der Waals surface area contributed by atoms with Gasteiger partial charge in [0, 0.05) is 12.5 Å². The Morgan fingerprint density at radius 3 is 2.47 bits per heavy atom. The van der Waals surface area contributed by atoms with Gasteiger partial charge in [-0.1, -0.05) is 36.8 Å². The molecule has 0 saturated carbocycles. The summed E-state index contributed by atoms with van der Waals surface area (Å²) in [4.78, 5) is 11.7. The molecular weight excluding hydrogens is 212 g/mol. The summed E-state index contributed by atoms with van der Waals surface area (Å²) < 4.78 is 0. The fraction of sp³-hybridized carbons (Fsp3) is 0.500. The van der Waals surface area contributed by atoms with Crippen LogP contribution >= 0.6 is 0 Å². The van der Waals surface area contributed by atoms with Crippen molar-refractivity contribution in [3.05, 3.63) is 35.4 Å². The van der Waals surface area contributed by atoms with Crippen molar-refractivity contribution in [1.29, 1.82) is 0 Å². The number of hydrogen-bond acceptors (Lipinski definition) is 2. The molecule has 0 spiro atoms. The molecule has 3 nitrogen and oxygen atoms in total. The lowest BCUT2D eigenvalue weighted by Gasteiger charge is -2.16. The zero-order valence-corrected chi connectivity index (χ0v) is 10.9.